The summed E-state index contributed by atoms with van der Waals surface area (Å²) in [6.07, 6.45) is 1.78. The molecule has 0 bridgehead atoms. The van der Waals surface area contributed by atoms with Gasteiger partial charge in [-0.25, -0.2) is 0 Å². The van der Waals surface area contributed by atoms with Crippen LogP contribution in [-0.4, -0.2) is 37.4 Å². The number of aliphatic hydroxyl groups is 1. The molecule has 4 heteroatoms. The number of benzene rings is 1. The van der Waals surface area contributed by atoms with Crippen molar-refractivity contribution >= 4 is 5.91 Å². The number of hydrogen-bond acceptors (Lipinski definition) is 3. The third-order valence-corrected chi connectivity index (χ3v) is 3.60. The van der Waals surface area contributed by atoms with Crippen molar-refractivity contribution in [2.75, 3.05) is 26.4 Å². The number of hydrogen-bond donors (Lipinski definition) is 2. The van der Waals surface area contributed by atoms with Gasteiger partial charge in [0.25, 0.3) is 0 Å². The van der Waals surface area contributed by atoms with E-state index in [1.807, 2.05) is 18.2 Å². The number of carbonyl (C=O) groups is 1. The second kappa shape index (κ2) is 5.98. The first-order valence-corrected chi connectivity index (χ1v) is 6.28. The van der Waals surface area contributed by atoms with Crippen molar-refractivity contribution in [3.63, 3.8) is 0 Å². The lowest BCUT2D eigenvalue weighted by molar-refractivity contribution is -0.124. The Labute approximate surface area is 107 Å². The average molecular weight is 249 g/mol. The Morgan fingerprint density at radius 3 is 2.56 bits per heavy atom. The molecule has 1 amide bonds. The van der Waals surface area contributed by atoms with Gasteiger partial charge in [0.15, 0.2) is 0 Å². The molecule has 1 aromatic carbocycles. The van der Waals surface area contributed by atoms with Gasteiger partial charge in [0.1, 0.15) is 6.61 Å². The van der Waals surface area contributed by atoms with Gasteiger partial charge >= 0.3 is 0 Å². The lowest BCUT2D eigenvalue weighted by atomic mass is 9.74. The van der Waals surface area contributed by atoms with Crippen molar-refractivity contribution < 1.29 is 14.6 Å². The molecule has 1 saturated heterocycles. The fourth-order valence-corrected chi connectivity index (χ4v) is 2.45. The van der Waals surface area contributed by atoms with Crippen molar-refractivity contribution in [3.05, 3.63) is 35.9 Å². The molecule has 1 aromatic rings. The summed E-state index contributed by atoms with van der Waals surface area (Å²) in [5.41, 5.74) is 1.16. The smallest absolute Gasteiger partial charge is 0.245 e. The normalized spacial score (nSPS) is 18.3. The predicted molar refractivity (Wildman–Crippen MR) is 68.3 cm³/mol. The lowest BCUT2D eigenvalue weighted by Crippen LogP contribution is -2.45. The Bertz CT molecular complexity index is 385. The van der Waals surface area contributed by atoms with E-state index in [9.17, 15) is 4.79 Å². The van der Waals surface area contributed by atoms with E-state index in [2.05, 4.69) is 17.4 Å². The summed E-state index contributed by atoms with van der Waals surface area (Å²) in [6.45, 7) is 1.52. The highest BCUT2D eigenvalue weighted by Crippen LogP contribution is 2.34. The zero-order chi connectivity index (χ0) is 12.8. The molecule has 0 radical (unpaired) electrons. The average Bonchev–Trinajstić information content (AvgIpc) is 2.46. The number of carbonyl (C=O) groups excluding carboxylic acids is 1. The second-order valence-electron chi connectivity index (χ2n) is 4.69. The highest BCUT2D eigenvalue weighted by Gasteiger charge is 2.34. The standard InChI is InChI=1S/C14H19NO3/c16-10-13(17)15-11-14(6-8-18-9-7-14)12-4-2-1-3-5-12/h1-5,16H,6-11H2,(H,15,17). The first kappa shape index (κ1) is 13.1. The van der Waals surface area contributed by atoms with E-state index in [4.69, 9.17) is 9.84 Å². The quantitative estimate of drug-likeness (QED) is 0.831. The van der Waals surface area contributed by atoms with Crippen LogP contribution in [0.1, 0.15) is 18.4 Å². The summed E-state index contributed by atoms with van der Waals surface area (Å²) in [7, 11) is 0. The molecule has 0 spiro atoms. The molecule has 0 aromatic heterocycles. The molecule has 0 aliphatic carbocycles. The van der Waals surface area contributed by atoms with E-state index < -0.39 is 6.61 Å². The van der Waals surface area contributed by atoms with Crippen molar-refractivity contribution in [2.24, 2.45) is 0 Å². The SMILES string of the molecule is O=C(CO)NCC1(c2ccccc2)CCOCC1. The van der Waals surface area contributed by atoms with Gasteiger partial charge in [-0.1, -0.05) is 30.3 Å². The summed E-state index contributed by atoms with van der Waals surface area (Å²) >= 11 is 0. The summed E-state index contributed by atoms with van der Waals surface area (Å²) < 4.78 is 5.42. The van der Waals surface area contributed by atoms with Crippen LogP contribution in [0.3, 0.4) is 0 Å². The summed E-state index contributed by atoms with van der Waals surface area (Å²) in [6, 6.07) is 10.2. The number of ether oxygens (including phenoxy) is 1. The molecule has 1 fully saturated rings. The van der Waals surface area contributed by atoms with Crippen LogP contribution in [0, 0.1) is 0 Å². The molecule has 1 heterocycles. The van der Waals surface area contributed by atoms with E-state index in [0.29, 0.717) is 19.8 Å². The maximum atomic E-state index is 11.2. The minimum atomic E-state index is -0.457. The van der Waals surface area contributed by atoms with Crippen molar-refractivity contribution in [3.8, 4) is 0 Å². The van der Waals surface area contributed by atoms with E-state index in [1.54, 1.807) is 0 Å². The molecule has 1 aliphatic rings. The van der Waals surface area contributed by atoms with Gasteiger partial charge < -0.3 is 15.2 Å². The molecule has 2 rings (SSSR count). The van der Waals surface area contributed by atoms with Crippen molar-refractivity contribution in [2.45, 2.75) is 18.3 Å². The Morgan fingerprint density at radius 2 is 1.94 bits per heavy atom. The Hall–Kier alpha value is -1.39. The zero-order valence-corrected chi connectivity index (χ0v) is 10.4. The van der Waals surface area contributed by atoms with Gasteiger partial charge in [-0.15, -0.1) is 0 Å². The minimum absolute atomic E-state index is 0.0651. The molecule has 4 nitrogen and oxygen atoms in total. The Kier molecular flexibility index (Phi) is 4.33. The van der Waals surface area contributed by atoms with Crippen LogP contribution in [0.25, 0.3) is 0 Å². The van der Waals surface area contributed by atoms with Gasteiger partial charge in [0.05, 0.1) is 0 Å². The molecular weight excluding hydrogens is 230 g/mol. The lowest BCUT2D eigenvalue weighted by Gasteiger charge is -2.37. The van der Waals surface area contributed by atoms with Crippen LogP contribution in [0.4, 0.5) is 0 Å². The molecule has 98 valence electrons. The van der Waals surface area contributed by atoms with Gasteiger partial charge in [-0.05, 0) is 18.4 Å². The van der Waals surface area contributed by atoms with Gasteiger partial charge in [-0.3, -0.25) is 4.79 Å². The molecule has 18 heavy (non-hydrogen) atoms. The van der Waals surface area contributed by atoms with E-state index in [1.165, 1.54) is 5.56 Å². The Morgan fingerprint density at radius 1 is 1.28 bits per heavy atom. The fraction of sp³-hybridized carbons (Fsp3) is 0.500. The number of nitrogens with one attached hydrogen (secondary N) is 1. The molecule has 1 aliphatic heterocycles. The predicted octanol–water partition coefficient (Wildman–Crippen LogP) is 0.843. The van der Waals surface area contributed by atoms with Crippen molar-refractivity contribution in [1.29, 1.82) is 0 Å². The van der Waals surface area contributed by atoms with Crippen LogP contribution in [0.15, 0.2) is 30.3 Å². The van der Waals surface area contributed by atoms with E-state index in [0.717, 1.165) is 12.8 Å². The number of aliphatic hydroxyl groups excluding tert-OH is 1. The summed E-state index contributed by atoms with van der Waals surface area (Å²) in [4.78, 5) is 11.2. The van der Waals surface area contributed by atoms with Crippen LogP contribution in [0.2, 0.25) is 0 Å². The third kappa shape index (κ3) is 2.89. The Balaban J connectivity index is 2.15. The molecular formula is C14H19NO3. The molecule has 0 unspecified atom stereocenters. The first-order valence-electron chi connectivity index (χ1n) is 6.28. The number of amides is 1. The topological polar surface area (TPSA) is 58.6 Å². The monoisotopic (exact) mass is 249 g/mol. The molecule has 0 saturated carbocycles. The van der Waals surface area contributed by atoms with Crippen LogP contribution in [0.5, 0.6) is 0 Å². The van der Waals surface area contributed by atoms with Crippen molar-refractivity contribution in [1.82, 2.24) is 5.32 Å². The summed E-state index contributed by atoms with van der Waals surface area (Å²) in [5, 5.41) is 11.6. The fourth-order valence-electron chi connectivity index (χ4n) is 2.45. The molecule has 0 atom stereocenters. The van der Waals surface area contributed by atoms with Gasteiger partial charge in [0, 0.05) is 25.2 Å². The maximum Gasteiger partial charge on any atom is 0.245 e. The third-order valence-electron chi connectivity index (χ3n) is 3.60. The zero-order valence-electron chi connectivity index (χ0n) is 10.4. The first-order chi connectivity index (χ1) is 8.77. The maximum absolute atomic E-state index is 11.2. The number of rotatable bonds is 4. The van der Waals surface area contributed by atoms with E-state index in [-0.39, 0.29) is 11.3 Å². The van der Waals surface area contributed by atoms with Gasteiger partial charge in [0.2, 0.25) is 5.91 Å². The van der Waals surface area contributed by atoms with Gasteiger partial charge in [-0.2, -0.15) is 0 Å². The largest absolute Gasteiger partial charge is 0.387 e. The van der Waals surface area contributed by atoms with Crippen LogP contribution < -0.4 is 5.32 Å². The summed E-state index contributed by atoms with van der Waals surface area (Å²) in [5.74, 6) is -0.322. The molecule has 2 N–H and O–H groups in total. The highest BCUT2D eigenvalue weighted by atomic mass is 16.5. The second-order valence-corrected chi connectivity index (χ2v) is 4.69. The van der Waals surface area contributed by atoms with Crippen LogP contribution >= 0.6 is 0 Å². The highest BCUT2D eigenvalue weighted by molar-refractivity contribution is 5.77. The minimum Gasteiger partial charge on any atom is -0.387 e. The van der Waals surface area contributed by atoms with E-state index >= 15 is 0 Å². The van der Waals surface area contributed by atoms with Crippen LogP contribution in [-0.2, 0) is 14.9 Å².